The van der Waals surface area contributed by atoms with Gasteiger partial charge in [0.1, 0.15) is 18.4 Å². The van der Waals surface area contributed by atoms with E-state index in [0.717, 1.165) is 5.56 Å². The number of methoxy groups -OCH3 is 1. The topological polar surface area (TPSA) is 84.9 Å². The number of benzene rings is 2. The second-order valence-electron chi connectivity index (χ2n) is 8.29. The molecule has 0 saturated carbocycles. The van der Waals surface area contributed by atoms with Gasteiger partial charge in [-0.05, 0) is 35.8 Å². The lowest BCUT2D eigenvalue weighted by Gasteiger charge is -2.19. The van der Waals surface area contributed by atoms with Crippen molar-refractivity contribution in [1.29, 1.82) is 0 Å². The Labute approximate surface area is 237 Å². The molecule has 200 valence electrons. The smallest absolute Gasteiger partial charge is 0.329 e. The van der Waals surface area contributed by atoms with Crippen LogP contribution in [-0.4, -0.2) is 46.6 Å². The minimum Gasteiger partial charge on any atom is -0.495 e. The van der Waals surface area contributed by atoms with Gasteiger partial charge in [0.25, 0.3) is 0 Å². The number of ether oxygens (including phenoxy) is 2. The molecule has 6 nitrogen and oxygen atoms in total. The Kier molecular flexibility index (Phi) is 12.8. The molecule has 0 heterocycles. The standard InChI is InChI=1S/C27H29Cl4NO5/c1-18(11-12-19-7-4-3-5-8-19)23(33)9-6-10-25(34)32-22(26(35)37-17-27(29,30)31)16-20-13-14-24(36-2)21(28)15-20/h3-8,10-15,18,22-23,33H,9,16-17H2,1-2H3,(H,32,34)/b10-6+,12-11+/t18-,22-,23?/m1/s1. The average molecular weight is 589 g/mol. The number of carbonyl (C=O) groups is 2. The zero-order chi connectivity index (χ0) is 27.4. The van der Waals surface area contributed by atoms with Crippen molar-refractivity contribution in [2.24, 2.45) is 5.92 Å². The van der Waals surface area contributed by atoms with E-state index < -0.39 is 34.4 Å². The highest BCUT2D eigenvalue weighted by molar-refractivity contribution is 6.67. The summed E-state index contributed by atoms with van der Waals surface area (Å²) in [5.41, 5.74) is 1.68. The number of alkyl halides is 3. The number of carbonyl (C=O) groups excluding carboxylic acids is 2. The van der Waals surface area contributed by atoms with E-state index in [9.17, 15) is 14.7 Å². The Balaban J connectivity index is 2.00. The van der Waals surface area contributed by atoms with E-state index in [1.807, 2.05) is 49.4 Å². The number of aliphatic hydroxyl groups is 1. The number of aliphatic hydroxyl groups excluding tert-OH is 1. The van der Waals surface area contributed by atoms with Crippen LogP contribution < -0.4 is 10.1 Å². The molecule has 0 fully saturated rings. The predicted octanol–water partition coefficient (Wildman–Crippen LogP) is 5.95. The van der Waals surface area contributed by atoms with Crippen LogP contribution in [0.5, 0.6) is 5.75 Å². The fraction of sp³-hybridized carbons (Fsp3) is 0.333. The first-order chi connectivity index (χ1) is 17.5. The van der Waals surface area contributed by atoms with Crippen molar-refractivity contribution >= 4 is 64.4 Å². The molecule has 0 aliphatic carbocycles. The van der Waals surface area contributed by atoms with Crippen LogP contribution in [0.1, 0.15) is 24.5 Å². The zero-order valence-corrected chi connectivity index (χ0v) is 23.4. The lowest BCUT2D eigenvalue weighted by Crippen LogP contribution is -2.43. The summed E-state index contributed by atoms with van der Waals surface area (Å²) in [6.07, 6.45) is 6.26. The van der Waals surface area contributed by atoms with E-state index in [1.165, 1.54) is 13.2 Å². The molecule has 0 aliphatic rings. The van der Waals surface area contributed by atoms with Gasteiger partial charge < -0.3 is 19.9 Å². The summed E-state index contributed by atoms with van der Waals surface area (Å²) in [5, 5.41) is 13.4. The van der Waals surface area contributed by atoms with Gasteiger partial charge in [-0.2, -0.15) is 0 Å². The molecule has 2 rings (SSSR count). The Morgan fingerprint density at radius 2 is 1.84 bits per heavy atom. The highest BCUT2D eigenvalue weighted by Gasteiger charge is 2.27. The van der Waals surface area contributed by atoms with Gasteiger partial charge in [0, 0.05) is 12.3 Å². The van der Waals surface area contributed by atoms with E-state index in [-0.39, 0.29) is 18.8 Å². The molecule has 0 radical (unpaired) electrons. The van der Waals surface area contributed by atoms with Crippen molar-refractivity contribution in [2.45, 2.75) is 35.7 Å². The van der Waals surface area contributed by atoms with Crippen LogP contribution in [0.3, 0.4) is 0 Å². The van der Waals surface area contributed by atoms with Gasteiger partial charge in [-0.1, -0.05) is 108 Å². The number of rotatable bonds is 12. The Morgan fingerprint density at radius 1 is 1.14 bits per heavy atom. The van der Waals surface area contributed by atoms with Gasteiger partial charge in [-0.3, -0.25) is 4.79 Å². The summed E-state index contributed by atoms with van der Waals surface area (Å²) < 4.78 is 8.42. The van der Waals surface area contributed by atoms with Crippen molar-refractivity contribution in [1.82, 2.24) is 5.32 Å². The van der Waals surface area contributed by atoms with Gasteiger partial charge in [0.15, 0.2) is 0 Å². The number of halogens is 4. The molecular formula is C27H29Cl4NO5. The van der Waals surface area contributed by atoms with Crippen LogP contribution in [0, 0.1) is 5.92 Å². The normalized spacial score (nSPS) is 14.4. The second-order valence-corrected chi connectivity index (χ2v) is 11.2. The number of esters is 1. The maximum atomic E-state index is 12.7. The molecule has 1 amide bonds. The third kappa shape index (κ3) is 11.8. The van der Waals surface area contributed by atoms with Crippen molar-refractivity contribution < 1.29 is 24.2 Å². The molecule has 10 heteroatoms. The maximum Gasteiger partial charge on any atom is 0.329 e. The fourth-order valence-electron chi connectivity index (χ4n) is 3.22. The summed E-state index contributed by atoms with van der Waals surface area (Å²) in [6, 6.07) is 13.6. The summed E-state index contributed by atoms with van der Waals surface area (Å²) in [4.78, 5) is 25.2. The largest absolute Gasteiger partial charge is 0.495 e. The van der Waals surface area contributed by atoms with Crippen LogP contribution in [0.25, 0.3) is 6.08 Å². The van der Waals surface area contributed by atoms with Crippen molar-refractivity contribution in [3.63, 3.8) is 0 Å². The average Bonchev–Trinajstić information content (AvgIpc) is 2.85. The zero-order valence-electron chi connectivity index (χ0n) is 20.4. The van der Waals surface area contributed by atoms with Crippen LogP contribution >= 0.6 is 46.4 Å². The summed E-state index contributed by atoms with van der Waals surface area (Å²) in [7, 11) is 1.49. The molecule has 0 saturated heterocycles. The SMILES string of the molecule is COc1ccc(C[C@@H](NC(=O)/C=C/CC(O)[C@H](C)/C=C/c2ccccc2)C(=O)OCC(Cl)(Cl)Cl)cc1Cl. The molecule has 3 atom stereocenters. The monoisotopic (exact) mass is 587 g/mol. The van der Waals surface area contributed by atoms with Gasteiger partial charge >= 0.3 is 5.97 Å². The number of nitrogens with one attached hydrogen (secondary N) is 1. The highest BCUT2D eigenvalue weighted by atomic mass is 35.6. The molecule has 0 spiro atoms. The van der Waals surface area contributed by atoms with E-state index in [1.54, 1.807) is 24.3 Å². The molecular weight excluding hydrogens is 560 g/mol. The van der Waals surface area contributed by atoms with Crippen molar-refractivity contribution in [3.05, 3.63) is 82.9 Å². The van der Waals surface area contributed by atoms with Crippen LogP contribution in [0.2, 0.25) is 5.02 Å². The minimum atomic E-state index is -1.80. The lowest BCUT2D eigenvalue weighted by molar-refractivity contribution is -0.147. The highest BCUT2D eigenvalue weighted by Crippen LogP contribution is 2.27. The molecule has 0 bridgehead atoms. The molecule has 2 aromatic rings. The predicted molar refractivity (Wildman–Crippen MR) is 149 cm³/mol. The maximum absolute atomic E-state index is 12.7. The third-order valence-corrected chi connectivity index (χ3v) is 5.90. The van der Waals surface area contributed by atoms with Crippen molar-refractivity contribution in [3.8, 4) is 5.75 Å². The third-order valence-electron chi connectivity index (χ3n) is 5.28. The second kappa shape index (κ2) is 15.3. The first-order valence-electron chi connectivity index (χ1n) is 11.4. The van der Waals surface area contributed by atoms with Crippen LogP contribution in [-0.2, 0) is 20.7 Å². The first-order valence-corrected chi connectivity index (χ1v) is 12.9. The molecule has 2 N–H and O–H groups in total. The van der Waals surface area contributed by atoms with Crippen LogP contribution in [0.15, 0.2) is 66.8 Å². The van der Waals surface area contributed by atoms with E-state index in [4.69, 9.17) is 55.9 Å². The number of amides is 1. The number of hydrogen-bond acceptors (Lipinski definition) is 5. The molecule has 0 aromatic heterocycles. The summed E-state index contributed by atoms with van der Waals surface area (Å²) >= 11 is 23.2. The van der Waals surface area contributed by atoms with E-state index in [2.05, 4.69) is 5.32 Å². The molecule has 0 aliphatic heterocycles. The van der Waals surface area contributed by atoms with Gasteiger partial charge in [0.2, 0.25) is 9.70 Å². The van der Waals surface area contributed by atoms with Crippen LogP contribution in [0.4, 0.5) is 0 Å². The Morgan fingerprint density at radius 3 is 2.46 bits per heavy atom. The van der Waals surface area contributed by atoms with Gasteiger partial charge in [-0.25, -0.2) is 4.79 Å². The fourth-order valence-corrected chi connectivity index (χ4v) is 3.67. The van der Waals surface area contributed by atoms with E-state index in [0.29, 0.717) is 16.3 Å². The van der Waals surface area contributed by atoms with Gasteiger partial charge in [0.05, 0.1) is 18.2 Å². The lowest BCUT2D eigenvalue weighted by atomic mass is 10.00. The summed E-state index contributed by atoms with van der Waals surface area (Å²) in [6.45, 7) is 1.40. The van der Waals surface area contributed by atoms with E-state index >= 15 is 0 Å². The Bertz CT molecular complexity index is 1090. The van der Waals surface area contributed by atoms with Gasteiger partial charge in [-0.15, -0.1) is 0 Å². The Hall–Kier alpha value is -2.22. The minimum absolute atomic E-state index is 0.0753. The van der Waals surface area contributed by atoms with Crippen molar-refractivity contribution in [2.75, 3.05) is 13.7 Å². The summed E-state index contributed by atoms with van der Waals surface area (Å²) in [5.74, 6) is -0.994. The quantitative estimate of drug-likeness (QED) is 0.182. The molecule has 1 unspecified atom stereocenters. The number of hydrogen-bond donors (Lipinski definition) is 2. The molecule has 37 heavy (non-hydrogen) atoms. The molecule has 2 aromatic carbocycles. The first kappa shape index (κ1) is 31.0.